The van der Waals surface area contributed by atoms with Crippen molar-refractivity contribution in [3.8, 4) is 0 Å². The molecule has 2 rings (SSSR count). The van der Waals surface area contributed by atoms with E-state index in [1.807, 2.05) is 0 Å². The van der Waals surface area contributed by atoms with Gasteiger partial charge in [0.15, 0.2) is 0 Å². The molecule has 0 amide bonds. The maximum absolute atomic E-state index is 4.94. The molecule has 62 valence electrons. The number of hydrogen-bond acceptors (Lipinski definition) is 2. The highest BCUT2D eigenvalue weighted by molar-refractivity contribution is 5.83. The van der Waals surface area contributed by atoms with Crippen LogP contribution in [0.3, 0.4) is 0 Å². The highest BCUT2D eigenvalue weighted by atomic mass is 16.5. The Balaban J connectivity index is 2.82. The van der Waals surface area contributed by atoms with E-state index in [2.05, 4.69) is 31.1 Å². The summed E-state index contributed by atoms with van der Waals surface area (Å²) in [4.78, 5) is 0. The fourth-order valence-corrected chi connectivity index (χ4v) is 1.43. The second-order valence-corrected chi connectivity index (χ2v) is 2.97. The van der Waals surface area contributed by atoms with Crippen LogP contribution in [-0.2, 0) is 6.42 Å². The van der Waals surface area contributed by atoms with E-state index in [9.17, 15) is 0 Å². The third-order valence-corrected chi connectivity index (χ3v) is 2.21. The lowest BCUT2D eigenvalue weighted by Crippen LogP contribution is -1.84. The van der Waals surface area contributed by atoms with E-state index < -0.39 is 0 Å². The summed E-state index contributed by atoms with van der Waals surface area (Å²) in [6.45, 7) is 4.19. The Hall–Kier alpha value is -1.31. The first-order valence-corrected chi connectivity index (χ1v) is 4.15. The minimum atomic E-state index is 1.00. The smallest absolute Gasteiger partial charge is 0.131 e. The second-order valence-electron chi connectivity index (χ2n) is 2.97. The molecule has 0 fully saturated rings. The SMILES string of the molecule is CCc1ccc(C)c2conc12. The molecule has 1 aromatic carbocycles. The van der Waals surface area contributed by atoms with Crippen LogP contribution in [0.1, 0.15) is 18.1 Å². The largest absolute Gasteiger partial charge is 0.363 e. The normalized spacial score (nSPS) is 10.8. The predicted octanol–water partition coefficient (Wildman–Crippen LogP) is 2.70. The number of nitrogens with zero attached hydrogens (tertiary/aromatic N) is 1. The minimum Gasteiger partial charge on any atom is -0.363 e. The van der Waals surface area contributed by atoms with E-state index in [-0.39, 0.29) is 0 Å². The van der Waals surface area contributed by atoms with Crippen molar-refractivity contribution in [2.75, 3.05) is 0 Å². The van der Waals surface area contributed by atoms with Crippen molar-refractivity contribution in [2.45, 2.75) is 20.3 Å². The van der Waals surface area contributed by atoms with E-state index in [0.29, 0.717) is 0 Å². The molecule has 0 atom stereocenters. The van der Waals surface area contributed by atoms with Gasteiger partial charge < -0.3 is 4.52 Å². The molecule has 0 saturated carbocycles. The van der Waals surface area contributed by atoms with Gasteiger partial charge in [-0.05, 0) is 24.5 Å². The fourth-order valence-electron chi connectivity index (χ4n) is 1.43. The Labute approximate surface area is 71.2 Å². The van der Waals surface area contributed by atoms with Gasteiger partial charge in [0.2, 0.25) is 0 Å². The lowest BCUT2D eigenvalue weighted by Gasteiger charge is -1.98. The second kappa shape index (κ2) is 2.63. The van der Waals surface area contributed by atoms with Gasteiger partial charge in [-0.15, -0.1) is 0 Å². The van der Waals surface area contributed by atoms with E-state index in [1.165, 1.54) is 11.1 Å². The molecule has 0 aliphatic carbocycles. The van der Waals surface area contributed by atoms with Crippen LogP contribution in [0.4, 0.5) is 0 Å². The number of benzene rings is 1. The molecule has 0 spiro atoms. The van der Waals surface area contributed by atoms with Crippen LogP contribution in [0.5, 0.6) is 0 Å². The van der Waals surface area contributed by atoms with Crippen LogP contribution < -0.4 is 0 Å². The van der Waals surface area contributed by atoms with E-state index in [4.69, 9.17) is 4.52 Å². The zero-order valence-electron chi connectivity index (χ0n) is 7.29. The van der Waals surface area contributed by atoms with Crippen molar-refractivity contribution < 1.29 is 4.52 Å². The molecule has 0 N–H and O–H groups in total. The molecule has 1 aromatic heterocycles. The van der Waals surface area contributed by atoms with Crippen LogP contribution in [0.15, 0.2) is 22.9 Å². The van der Waals surface area contributed by atoms with Gasteiger partial charge in [0.25, 0.3) is 0 Å². The first-order chi connectivity index (χ1) is 5.83. The number of aromatic nitrogens is 1. The maximum atomic E-state index is 4.94. The molecule has 2 aromatic rings. The summed E-state index contributed by atoms with van der Waals surface area (Å²) < 4.78 is 4.94. The van der Waals surface area contributed by atoms with Crippen molar-refractivity contribution in [1.29, 1.82) is 0 Å². The summed E-state index contributed by atoms with van der Waals surface area (Å²) in [6, 6.07) is 4.22. The molecule has 0 aliphatic rings. The Morgan fingerprint density at radius 1 is 1.42 bits per heavy atom. The third-order valence-electron chi connectivity index (χ3n) is 2.21. The van der Waals surface area contributed by atoms with Crippen molar-refractivity contribution in [3.05, 3.63) is 29.5 Å². The molecule has 2 nitrogen and oxygen atoms in total. The molecular formula is C10H11NO. The quantitative estimate of drug-likeness (QED) is 0.642. The van der Waals surface area contributed by atoms with Gasteiger partial charge in [-0.1, -0.05) is 24.2 Å². The summed E-state index contributed by atoms with van der Waals surface area (Å²) in [5, 5.41) is 5.11. The Morgan fingerprint density at radius 2 is 2.25 bits per heavy atom. The van der Waals surface area contributed by atoms with Crippen molar-refractivity contribution in [1.82, 2.24) is 5.16 Å². The van der Waals surface area contributed by atoms with Crippen molar-refractivity contribution in [3.63, 3.8) is 0 Å². The van der Waals surface area contributed by atoms with Crippen LogP contribution in [0.2, 0.25) is 0 Å². The van der Waals surface area contributed by atoms with Gasteiger partial charge in [0, 0.05) is 5.39 Å². The van der Waals surface area contributed by atoms with Gasteiger partial charge >= 0.3 is 0 Å². The van der Waals surface area contributed by atoms with Crippen molar-refractivity contribution in [2.24, 2.45) is 0 Å². The third kappa shape index (κ3) is 0.916. The Morgan fingerprint density at radius 3 is 3.00 bits per heavy atom. The summed E-state index contributed by atoms with van der Waals surface area (Å²) in [5.74, 6) is 0. The molecule has 1 heterocycles. The zero-order chi connectivity index (χ0) is 8.55. The highest BCUT2D eigenvalue weighted by Gasteiger charge is 2.04. The molecule has 0 radical (unpaired) electrons. The topological polar surface area (TPSA) is 26.0 Å². The number of hydrogen-bond donors (Lipinski definition) is 0. The van der Waals surface area contributed by atoms with Crippen LogP contribution in [0.25, 0.3) is 10.9 Å². The number of fused-ring (bicyclic) bond motifs is 1. The van der Waals surface area contributed by atoms with Crippen LogP contribution in [-0.4, -0.2) is 5.16 Å². The zero-order valence-corrected chi connectivity index (χ0v) is 7.29. The summed E-state index contributed by atoms with van der Waals surface area (Å²) in [5.41, 5.74) is 3.49. The van der Waals surface area contributed by atoms with Crippen LogP contribution >= 0.6 is 0 Å². The van der Waals surface area contributed by atoms with Gasteiger partial charge in [-0.2, -0.15) is 0 Å². The standard InChI is InChI=1S/C10H11NO/c1-3-8-5-4-7(2)9-6-12-11-10(8)9/h4-6H,3H2,1-2H3. The first kappa shape index (κ1) is 7.35. The monoisotopic (exact) mass is 161 g/mol. The number of rotatable bonds is 1. The minimum absolute atomic E-state index is 1.00. The Kier molecular flexibility index (Phi) is 1.61. The molecular weight excluding hydrogens is 150 g/mol. The molecule has 0 bridgehead atoms. The first-order valence-electron chi connectivity index (χ1n) is 4.15. The highest BCUT2D eigenvalue weighted by Crippen LogP contribution is 2.21. The van der Waals surface area contributed by atoms with Gasteiger partial charge in [-0.25, -0.2) is 0 Å². The molecule has 12 heavy (non-hydrogen) atoms. The van der Waals surface area contributed by atoms with E-state index >= 15 is 0 Å². The van der Waals surface area contributed by atoms with Crippen LogP contribution in [0, 0.1) is 6.92 Å². The fraction of sp³-hybridized carbons (Fsp3) is 0.300. The molecule has 0 unspecified atom stereocenters. The average molecular weight is 161 g/mol. The lowest BCUT2D eigenvalue weighted by molar-refractivity contribution is 0.428. The van der Waals surface area contributed by atoms with Gasteiger partial charge in [0.05, 0.1) is 0 Å². The molecule has 0 aliphatic heterocycles. The predicted molar refractivity (Wildman–Crippen MR) is 48.1 cm³/mol. The maximum Gasteiger partial charge on any atom is 0.131 e. The van der Waals surface area contributed by atoms with E-state index in [1.54, 1.807) is 6.26 Å². The molecule has 2 heteroatoms. The number of aryl methyl sites for hydroxylation is 2. The van der Waals surface area contributed by atoms with E-state index in [0.717, 1.165) is 17.3 Å². The summed E-state index contributed by atoms with van der Waals surface area (Å²) >= 11 is 0. The average Bonchev–Trinajstić information content (AvgIpc) is 2.54. The summed E-state index contributed by atoms with van der Waals surface area (Å²) in [7, 11) is 0. The summed E-state index contributed by atoms with van der Waals surface area (Å²) in [6.07, 6.45) is 2.72. The lowest BCUT2D eigenvalue weighted by atomic mass is 10.1. The molecule has 0 saturated heterocycles. The van der Waals surface area contributed by atoms with Gasteiger partial charge in [0.1, 0.15) is 11.8 Å². The van der Waals surface area contributed by atoms with Gasteiger partial charge in [-0.3, -0.25) is 0 Å². The Bertz CT molecular complexity index is 403. The van der Waals surface area contributed by atoms with Crippen molar-refractivity contribution >= 4 is 10.9 Å².